The van der Waals surface area contributed by atoms with Crippen molar-refractivity contribution in [1.82, 2.24) is 10.2 Å². The molecule has 2 aliphatic rings. The number of carbonyl (C=O) groups is 1. The van der Waals surface area contributed by atoms with Crippen LogP contribution in [0.15, 0.2) is 24.3 Å². The molecule has 0 bridgehead atoms. The monoisotopic (exact) mass is 244 g/mol. The van der Waals surface area contributed by atoms with E-state index in [9.17, 15) is 4.79 Å². The molecule has 1 N–H and O–H groups in total. The van der Waals surface area contributed by atoms with E-state index in [-0.39, 0.29) is 5.91 Å². The van der Waals surface area contributed by atoms with Gasteiger partial charge < -0.3 is 10.2 Å². The van der Waals surface area contributed by atoms with Gasteiger partial charge in [0, 0.05) is 25.2 Å². The maximum Gasteiger partial charge on any atom is 0.254 e. The van der Waals surface area contributed by atoms with Crippen molar-refractivity contribution in [2.75, 3.05) is 26.2 Å². The summed E-state index contributed by atoms with van der Waals surface area (Å²) in [7, 11) is 0. The molecule has 0 radical (unpaired) electrons. The Morgan fingerprint density at radius 1 is 1.33 bits per heavy atom. The second-order valence-corrected chi connectivity index (χ2v) is 5.59. The van der Waals surface area contributed by atoms with Crippen LogP contribution in [0.3, 0.4) is 0 Å². The molecule has 2 saturated heterocycles. The fourth-order valence-corrected chi connectivity index (χ4v) is 3.00. The Kier molecular flexibility index (Phi) is 3.08. The first-order chi connectivity index (χ1) is 8.75. The normalized spacial score (nSPS) is 24.1. The van der Waals surface area contributed by atoms with E-state index in [0.717, 1.165) is 38.2 Å². The number of likely N-dealkylation sites (tertiary alicyclic amines) is 1. The number of nitrogens with zero attached hydrogens (tertiary/aromatic N) is 1. The zero-order valence-corrected chi connectivity index (χ0v) is 10.9. The van der Waals surface area contributed by atoms with Crippen LogP contribution in [0.25, 0.3) is 0 Å². The van der Waals surface area contributed by atoms with Gasteiger partial charge in [-0.15, -0.1) is 0 Å². The van der Waals surface area contributed by atoms with E-state index in [1.54, 1.807) is 0 Å². The Labute approximate surface area is 108 Å². The summed E-state index contributed by atoms with van der Waals surface area (Å²) >= 11 is 0. The summed E-state index contributed by atoms with van der Waals surface area (Å²) in [6.07, 6.45) is 1.14. The Morgan fingerprint density at radius 3 is 2.78 bits per heavy atom. The van der Waals surface area contributed by atoms with Crippen molar-refractivity contribution in [3.63, 3.8) is 0 Å². The SMILES string of the molecule is CC1CN(C(=O)c2ccccc2C2CCNC2)C1. The lowest BCUT2D eigenvalue weighted by Gasteiger charge is -2.37. The number of rotatable bonds is 2. The largest absolute Gasteiger partial charge is 0.338 e. The van der Waals surface area contributed by atoms with Gasteiger partial charge in [0.2, 0.25) is 0 Å². The highest BCUT2D eigenvalue weighted by Crippen LogP contribution is 2.28. The van der Waals surface area contributed by atoms with Gasteiger partial charge in [-0.1, -0.05) is 25.1 Å². The van der Waals surface area contributed by atoms with Gasteiger partial charge in [0.25, 0.3) is 5.91 Å². The topological polar surface area (TPSA) is 32.3 Å². The van der Waals surface area contributed by atoms with Gasteiger partial charge in [0.15, 0.2) is 0 Å². The van der Waals surface area contributed by atoms with Crippen LogP contribution in [0.4, 0.5) is 0 Å². The van der Waals surface area contributed by atoms with Crippen molar-refractivity contribution in [3.05, 3.63) is 35.4 Å². The van der Waals surface area contributed by atoms with Crippen LogP contribution in [-0.2, 0) is 0 Å². The molecule has 18 heavy (non-hydrogen) atoms. The van der Waals surface area contributed by atoms with Crippen molar-refractivity contribution in [2.24, 2.45) is 5.92 Å². The molecule has 2 heterocycles. The number of hydrogen-bond donors (Lipinski definition) is 1. The van der Waals surface area contributed by atoms with E-state index in [2.05, 4.69) is 18.3 Å². The molecule has 1 aromatic carbocycles. The standard InChI is InChI=1S/C15H20N2O/c1-11-9-17(10-11)15(18)14-5-3-2-4-13(14)12-6-7-16-8-12/h2-5,11-12,16H,6-10H2,1H3. The first kappa shape index (κ1) is 11.7. The highest BCUT2D eigenvalue weighted by Gasteiger charge is 2.30. The van der Waals surface area contributed by atoms with Crippen LogP contribution in [0.5, 0.6) is 0 Å². The van der Waals surface area contributed by atoms with Crippen LogP contribution in [0.2, 0.25) is 0 Å². The van der Waals surface area contributed by atoms with Gasteiger partial charge in [-0.2, -0.15) is 0 Å². The molecule has 2 fully saturated rings. The molecule has 3 nitrogen and oxygen atoms in total. The lowest BCUT2D eigenvalue weighted by Crippen LogP contribution is -2.48. The second-order valence-electron chi connectivity index (χ2n) is 5.59. The highest BCUT2D eigenvalue weighted by atomic mass is 16.2. The number of carbonyl (C=O) groups excluding carboxylic acids is 1. The summed E-state index contributed by atoms with van der Waals surface area (Å²) < 4.78 is 0. The van der Waals surface area contributed by atoms with Crippen molar-refractivity contribution in [2.45, 2.75) is 19.3 Å². The fourth-order valence-electron chi connectivity index (χ4n) is 3.00. The zero-order valence-electron chi connectivity index (χ0n) is 10.9. The molecule has 1 aromatic rings. The van der Waals surface area contributed by atoms with Gasteiger partial charge >= 0.3 is 0 Å². The second kappa shape index (κ2) is 4.73. The predicted molar refractivity (Wildman–Crippen MR) is 71.7 cm³/mol. The van der Waals surface area contributed by atoms with Crippen molar-refractivity contribution >= 4 is 5.91 Å². The van der Waals surface area contributed by atoms with Crippen LogP contribution in [0, 0.1) is 5.92 Å². The van der Waals surface area contributed by atoms with Gasteiger partial charge in [0.1, 0.15) is 0 Å². The van der Waals surface area contributed by atoms with Crippen molar-refractivity contribution in [1.29, 1.82) is 0 Å². The zero-order chi connectivity index (χ0) is 12.5. The third kappa shape index (κ3) is 2.03. The number of nitrogens with one attached hydrogen (secondary N) is 1. The molecule has 0 aliphatic carbocycles. The molecule has 2 aliphatic heterocycles. The Bertz CT molecular complexity index is 446. The fraction of sp³-hybridized carbons (Fsp3) is 0.533. The first-order valence-electron chi connectivity index (χ1n) is 6.84. The third-order valence-electron chi connectivity index (χ3n) is 4.04. The highest BCUT2D eigenvalue weighted by molar-refractivity contribution is 5.96. The minimum absolute atomic E-state index is 0.218. The summed E-state index contributed by atoms with van der Waals surface area (Å²) in [6, 6.07) is 8.12. The Hall–Kier alpha value is -1.35. The number of hydrogen-bond acceptors (Lipinski definition) is 2. The van der Waals surface area contributed by atoms with Gasteiger partial charge in [-0.05, 0) is 36.4 Å². The van der Waals surface area contributed by atoms with Crippen LogP contribution in [0.1, 0.15) is 35.2 Å². The summed E-state index contributed by atoms with van der Waals surface area (Å²) in [5.74, 6) is 1.38. The maximum absolute atomic E-state index is 12.5. The van der Waals surface area contributed by atoms with Crippen molar-refractivity contribution in [3.8, 4) is 0 Å². The van der Waals surface area contributed by atoms with Gasteiger partial charge in [-0.25, -0.2) is 0 Å². The predicted octanol–water partition coefficient (Wildman–Crippen LogP) is 1.86. The summed E-state index contributed by atoms with van der Waals surface area (Å²) in [5.41, 5.74) is 2.14. The Balaban J connectivity index is 1.84. The van der Waals surface area contributed by atoms with E-state index in [0.29, 0.717) is 11.8 Å². The van der Waals surface area contributed by atoms with E-state index >= 15 is 0 Å². The lowest BCUT2D eigenvalue weighted by molar-refractivity contribution is 0.0529. The quantitative estimate of drug-likeness (QED) is 0.861. The summed E-state index contributed by atoms with van der Waals surface area (Å²) in [6.45, 7) is 6.08. The molecular formula is C15H20N2O. The number of benzene rings is 1. The molecule has 1 unspecified atom stereocenters. The van der Waals surface area contributed by atoms with E-state index in [1.165, 1.54) is 5.56 Å². The first-order valence-corrected chi connectivity index (χ1v) is 6.84. The minimum atomic E-state index is 0.218. The van der Waals surface area contributed by atoms with Crippen LogP contribution < -0.4 is 5.32 Å². The average molecular weight is 244 g/mol. The molecule has 0 aromatic heterocycles. The smallest absolute Gasteiger partial charge is 0.254 e. The molecule has 1 amide bonds. The van der Waals surface area contributed by atoms with E-state index in [4.69, 9.17) is 0 Å². The maximum atomic E-state index is 12.5. The summed E-state index contributed by atoms with van der Waals surface area (Å²) in [4.78, 5) is 14.4. The lowest BCUT2D eigenvalue weighted by atomic mass is 9.91. The van der Waals surface area contributed by atoms with Gasteiger partial charge in [-0.3, -0.25) is 4.79 Å². The summed E-state index contributed by atoms with van der Waals surface area (Å²) in [5, 5.41) is 3.38. The molecule has 0 saturated carbocycles. The molecule has 0 spiro atoms. The number of amides is 1. The van der Waals surface area contributed by atoms with E-state index in [1.807, 2.05) is 23.1 Å². The molecule has 1 atom stereocenters. The molecule has 3 rings (SSSR count). The third-order valence-corrected chi connectivity index (χ3v) is 4.04. The van der Waals surface area contributed by atoms with E-state index < -0.39 is 0 Å². The van der Waals surface area contributed by atoms with Crippen molar-refractivity contribution < 1.29 is 4.79 Å². The average Bonchev–Trinajstić information content (AvgIpc) is 2.88. The van der Waals surface area contributed by atoms with Crippen LogP contribution >= 0.6 is 0 Å². The minimum Gasteiger partial charge on any atom is -0.338 e. The molecule has 3 heteroatoms. The molecule has 96 valence electrons. The van der Waals surface area contributed by atoms with Gasteiger partial charge in [0.05, 0.1) is 0 Å². The molecular weight excluding hydrogens is 224 g/mol. The van der Waals surface area contributed by atoms with Crippen LogP contribution in [-0.4, -0.2) is 37.0 Å². The Morgan fingerprint density at radius 2 is 2.11 bits per heavy atom.